The van der Waals surface area contributed by atoms with Gasteiger partial charge in [0.15, 0.2) is 5.75 Å². The van der Waals surface area contributed by atoms with Crippen molar-refractivity contribution in [1.82, 2.24) is 0 Å². The first kappa shape index (κ1) is 14.9. The smallest absolute Gasteiger partial charge is 0.312 e. The number of hydrogen-bond acceptors (Lipinski definition) is 3. The summed E-state index contributed by atoms with van der Waals surface area (Å²) in [6, 6.07) is 9.37. The van der Waals surface area contributed by atoms with Gasteiger partial charge in [0.25, 0.3) is 0 Å². The predicted molar refractivity (Wildman–Crippen MR) is 79.2 cm³/mol. The lowest BCUT2D eigenvalue weighted by atomic mass is 10.2. The van der Waals surface area contributed by atoms with Crippen molar-refractivity contribution in [2.75, 3.05) is 0 Å². The van der Waals surface area contributed by atoms with E-state index < -0.39 is 10.7 Å². The summed E-state index contributed by atoms with van der Waals surface area (Å²) < 4.78 is 19.7. The van der Waals surface area contributed by atoms with Crippen molar-refractivity contribution in [3.63, 3.8) is 0 Å². The molecule has 4 nitrogen and oxygen atoms in total. The zero-order chi connectivity index (χ0) is 14.7. The molecule has 0 heterocycles. The first-order valence-corrected chi connectivity index (χ1v) is 7.06. The SMILES string of the molecule is O=[N+]([O-])c1cc(Br)c(F)cc1OCc1ccc(Br)cc1. The minimum absolute atomic E-state index is 0.0280. The zero-order valence-electron chi connectivity index (χ0n) is 9.98. The molecule has 0 unspecified atom stereocenters. The number of nitro groups is 1. The van der Waals surface area contributed by atoms with Crippen LogP contribution >= 0.6 is 31.9 Å². The van der Waals surface area contributed by atoms with E-state index >= 15 is 0 Å². The Balaban J connectivity index is 2.22. The Morgan fingerprint density at radius 1 is 1.20 bits per heavy atom. The van der Waals surface area contributed by atoms with E-state index in [4.69, 9.17) is 4.74 Å². The first-order chi connectivity index (χ1) is 9.47. The summed E-state index contributed by atoms with van der Waals surface area (Å²) in [5.41, 5.74) is 0.543. The molecule has 0 atom stereocenters. The molecule has 0 aliphatic carbocycles. The summed E-state index contributed by atoms with van der Waals surface area (Å²) in [5, 5.41) is 10.9. The predicted octanol–water partition coefficient (Wildman–Crippen LogP) is 4.84. The average Bonchev–Trinajstić information content (AvgIpc) is 2.41. The second kappa shape index (κ2) is 6.32. The van der Waals surface area contributed by atoms with E-state index in [9.17, 15) is 14.5 Å². The largest absolute Gasteiger partial charge is 0.482 e. The summed E-state index contributed by atoms with van der Waals surface area (Å²) in [6.07, 6.45) is 0. The molecule has 2 aromatic rings. The van der Waals surface area contributed by atoms with Gasteiger partial charge in [-0.25, -0.2) is 4.39 Å². The summed E-state index contributed by atoms with van der Waals surface area (Å²) in [4.78, 5) is 10.3. The van der Waals surface area contributed by atoms with E-state index in [1.807, 2.05) is 24.3 Å². The first-order valence-electron chi connectivity index (χ1n) is 5.48. The van der Waals surface area contributed by atoms with Crippen LogP contribution in [-0.2, 0) is 6.61 Å². The highest BCUT2D eigenvalue weighted by atomic mass is 79.9. The van der Waals surface area contributed by atoms with Crippen LogP contribution in [0.2, 0.25) is 0 Å². The van der Waals surface area contributed by atoms with E-state index in [1.54, 1.807) is 0 Å². The third-order valence-electron chi connectivity index (χ3n) is 2.51. The fourth-order valence-electron chi connectivity index (χ4n) is 1.52. The lowest BCUT2D eigenvalue weighted by molar-refractivity contribution is -0.386. The van der Waals surface area contributed by atoms with Crippen molar-refractivity contribution in [1.29, 1.82) is 0 Å². The van der Waals surface area contributed by atoms with Gasteiger partial charge in [-0.05, 0) is 33.6 Å². The summed E-state index contributed by atoms with van der Waals surface area (Å²) >= 11 is 6.22. The van der Waals surface area contributed by atoms with Crippen LogP contribution in [0.3, 0.4) is 0 Å². The maximum absolute atomic E-state index is 13.4. The Bertz CT molecular complexity index is 647. The van der Waals surface area contributed by atoms with Crippen LogP contribution in [0.1, 0.15) is 5.56 Å². The standard InChI is InChI=1S/C13H8Br2FNO3/c14-9-3-1-8(2-4-9)7-20-13-6-11(16)10(15)5-12(13)17(18)19/h1-6H,7H2. The number of hydrogen-bond donors (Lipinski definition) is 0. The summed E-state index contributed by atoms with van der Waals surface area (Å²) in [7, 11) is 0. The fraction of sp³-hybridized carbons (Fsp3) is 0.0769. The van der Waals surface area contributed by atoms with E-state index in [0.717, 1.165) is 22.2 Å². The molecule has 0 aliphatic heterocycles. The molecule has 0 aromatic heterocycles. The summed E-state index contributed by atoms with van der Waals surface area (Å²) in [5.74, 6) is -0.708. The van der Waals surface area contributed by atoms with Gasteiger partial charge >= 0.3 is 5.69 Å². The normalized spacial score (nSPS) is 10.3. The number of rotatable bonds is 4. The Hall–Kier alpha value is -1.47. The van der Waals surface area contributed by atoms with Gasteiger partial charge < -0.3 is 4.74 Å². The molecular weight excluding hydrogens is 397 g/mol. The lowest BCUT2D eigenvalue weighted by Crippen LogP contribution is -2.00. The van der Waals surface area contributed by atoms with Crippen molar-refractivity contribution in [3.8, 4) is 5.75 Å². The van der Waals surface area contributed by atoms with Crippen LogP contribution in [0.5, 0.6) is 5.75 Å². The van der Waals surface area contributed by atoms with Crippen LogP contribution < -0.4 is 4.74 Å². The monoisotopic (exact) mass is 403 g/mol. The zero-order valence-corrected chi connectivity index (χ0v) is 13.1. The third kappa shape index (κ3) is 3.55. The Kier molecular flexibility index (Phi) is 4.72. The van der Waals surface area contributed by atoms with E-state index in [2.05, 4.69) is 31.9 Å². The minimum Gasteiger partial charge on any atom is -0.482 e. The van der Waals surface area contributed by atoms with Gasteiger partial charge in [-0.3, -0.25) is 10.1 Å². The average molecular weight is 405 g/mol. The quantitative estimate of drug-likeness (QED) is 0.541. The fourth-order valence-corrected chi connectivity index (χ4v) is 2.11. The molecule has 0 saturated heterocycles. The van der Waals surface area contributed by atoms with Crippen molar-refractivity contribution in [2.24, 2.45) is 0 Å². The molecule has 0 N–H and O–H groups in total. The van der Waals surface area contributed by atoms with Gasteiger partial charge in [-0.1, -0.05) is 28.1 Å². The van der Waals surface area contributed by atoms with Gasteiger partial charge in [0.1, 0.15) is 12.4 Å². The minimum atomic E-state index is -0.610. The van der Waals surface area contributed by atoms with Crippen LogP contribution in [0.15, 0.2) is 45.3 Å². The van der Waals surface area contributed by atoms with Crippen molar-refractivity contribution in [3.05, 3.63) is 66.8 Å². The van der Waals surface area contributed by atoms with Crippen LogP contribution in [0, 0.1) is 15.9 Å². The second-order valence-corrected chi connectivity index (χ2v) is 5.68. The van der Waals surface area contributed by atoms with E-state index in [1.165, 1.54) is 0 Å². The molecule has 0 fully saturated rings. The van der Waals surface area contributed by atoms with Crippen molar-refractivity contribution >= 4 is 37.5 Å². The molecule has 2 rings (SSSR count). The molecule has 20 heavy (non-hydrogen) atoms. The third-order valence-corrected chi connectivity index (χ3v) is 3.64. The van der Waals surface area contributed by atoms with Crippen LogP contribution in [-0.4, -0.2) is 4.92 Å². The van der Waals surface area contributed by atoms with E-state index in [0.29, 0.717) is 0 Å². The highest BCUT2D eigenvalue weighted by molar-refractivity contribution is 9.10. The highest BCUT2D eigenvalue weighted by Gasteiger charge is 2.19. The van der Waals surface area contributed by atoms with Crippen LogP contribution in [0.25, 0.3) is 0 Å². The summed E-state index contributed by atoms with van der Waals surface area (Å²) in [6.45, 7) is 0.120. The van der Waals surface area contributed by atoms with Gasteiger partial charge in [0.2, 0.25) is 0 Å². The Morgan fingerprint density at radius 3 is 2.45 bits per heavy atom. The number of nitrogens with zero attached hydrogens (tertiary/aromatic N) is 1. The second-order valence-electron chi connectivity index (χ2n) is 3.91. The van der Waals surface area contributed by atoms with Crippen molar-refractivity contribution < 1.29 is 14.1 Å². The maximum Gasteiger partial charge on any atom is 0.312 e. The topological polar surface area (TPSA) is 52.4 Å². The molecule has 104 valence electrons. The molecule has 2 aromatic carbocycles. The molecule has 0 amide bonds. The maximum atomic E-state index is 13.4. The number of ether oxygens (including phenoxy) is 1. The Labute approximate surface area is 131 Å². The van der Waals surface area contributed by atoms with Gasteiger partial charge in [0.05, 0.1) is 9.40 Å². The molecule has 0 radical (unpaired) electrons. The lowest BCUT2D eigenvalue weighted by Gasteiger charge is -2.08. The number of nitro benzene ring substituents is 1. The molecule has 0 saturated carbocycles. The molecule has 0 aliphatic rings. The van der Waals surface area contributed by atoms with Crippen molar-refractivity contribution in [2.45, 2.75) is 6.61 Å². The molecule has 7 heteroatoms. The number of benzene rings is 2. The molecular formula is C13H8Br2FNO3. The molecule has 0 bridgehead atoms. The molecule has 0 spiro atoms. The highest BCUT2D eigenvalue weighted by Crippen LogP contribution is 2.33. The van der Waals surface area contributed by atoms with Crippen LogP contribution in [0.4, 0.5) is 10.1 Å². The number of halogens is 3. The van der Waals surface area contributed by atoms with Gasteiger partial charge in [-0.2, -0.15) is 0 Å². The van der Waals surface area contributed by atoms with Gasteiger partial charge in [-0.15, -0.1) is 0 Å². The van der Waals surface area contributed by atoms with Gasteiger partial charge in [0, 0.05) is 16.6 Å². The van der Waals surface area contributed by atoms with E-state index in [-0.39, 0.29) is 22.5 Å². The Morgan fingerprint density at radius 2 is 1.85 bits per heavy atom.